The minimum atomic E-state index is -5.79. The maximum absolute atomic E-state index is 12.5. The molecule has 1 rings (SSSR count). The Balaban J connectivity index is 3.44. The largest absolute Gasteiger partial charge is 0.430 e. The molecule has 0 bridgehead atoms. The minimum Gasteiger partial charge on any atom is -0.258 e. The third kappa shape index (κ3) is 1.63. The Morgan fingerprint density at radius 2 is 1.31 bits per heavy atom. The molecule has 0 aromatic carbocycles. The van der Waals surface area contributed by atoms with Gasteiger partial charge in [0.1, 0.15) is 5.60 Å². The molecule has 0 aromatic heterocycles. The molecule has 0 radical (unpaired) electrons. The van der Waals surface area contributed by atoms with Crippen molar-refractivity contribution in [1.29, 1.82) is 0 Å². The maximum atomic E-state index is 12.5. The molecular formula is C6H6F6O3S. The van der Waals surface area contributed by atoms with Crippen molar-refractivity contribution < 1.29 is 38.9 Å². The molecule has 0 saturated carbocycles. The predicted molar refractivity (Wildman–Crippen MR) is 39.2 cm³/mol. The molecule has 1 fully saturated rings. The second kappa shape index (κ2) is 3.33. The zero-order valence-corrected chi connectivity index (χ0v) is 8.72. The maximum Gasteiger partial charge on any atom is 0.430 e. The number of halogens is 6. The van der Waals surface area contributed by atoms with Crippen molar-refractivity contribution in [3.8, 4) is 0 Å². The highest BCUT2D eigenvalue weighted by Crippen LogP contribution is 2.56. The molecule has 10 heteroatoms. The summed E-state index contributed by atoms with van der Waals surface area (Å²) >= 11 is -3.09. The fourth-order valence-corrected chi connectivity index (χ4v) is 2.47. The number of rotatable bonds is 0. The van der Waals surface area contributed by atoms with Crippen LogP contribution in [0.15, 0.2) is 0 Å². The Morgan fingerprint density at radius 3 is 1.44 bits per heavy atom. The standard InChI is InChI=1S/C6H6F6O3S/c1-3(2)4(5(7,8)9,6(10,11)12)15-16(13)14-3/h1-2H3. The third-order valence-electron chi connectivity index (χ3n) is 2.12. The first-order chi connectivity index (χ1) is 6.85. The van der Waals surface area contributed by atoms with E-state index in [1.54, 1.807) is 0 Å². The Kier molecular flexibility index (Phi) is 2.85. The smallest absolute Gasteiger partial charge is 0.258 e. The first kappa shape index (κ1) is 13.7. The van der Waals surface area contributed by atoms with Gasteiger partial charge in [-0.3, -0.25) is 4.18 Å². The van der Waals surface area contributed by atoms with Crippen LogP contribution in [0.25, 0.3) is 0 Å². The van der Waals surface area contributed by atoms with Gasteiger partial charge >= 0.3 is 29.3 Å². The van der Waals surface area contributed by atoms with Crippen molar-refractivity contribution in [3.05, 3.63) is 0 Å². The normalized spacial score (nSPS) is 29.4. The summed E-state index contributed by atoms with van der Waals surface area (Å²) in [7, 11) is 0. The first-order valence-electron chi connectivity index (χ1n) is 3.79. The fourth-order valence-electron chi connectivity index (χ4n) is 1.39. The summed E-state index contributed by atoms with van der Waals surface area (Å²) in [6, 6.07) is 0. The Labute approximate surface area is 88.6 Å². The summed E-state index contributed by atoms with van der Waals surface area (Å²) in [6.07, 6.45) is -11.6. The van der Waals surface area contributed by atoms with E-state index in [2.05, 4.69) is 8.37 Å². The zero-order chi connectivity index (χ0) is 13.0. The van der Waals surface area contributed by atoms with Crippen molar-refractivity contribution in [2.75, 3.05) is 0 Å². The average Bonchev–Trinajstić information content (AvgIpc) is 2.16. The van der Waals surface area contributed by atoms with Crippen molar-refractivity contribution in [1.82, 2.24) is 0 Å². The number of hydrogen-bond acceptors (Lipinski definition) is 3. The molecule has 1 aliphatic heterocycles. The molecule has 96 valence electrons. The van der Waals surface area contributed by atoms with E-state index in [4.69, 9.17) is 0 Å². The Morgan fingerprint density at radius 1 is 0.938 bits per heavy atom. The second-order valence-electron chi connectivity index (χ2n) is 3.56. The first-order valence-corrected chi connectivity index (χ1v) is 4.79. The van der Waals surface area contributed by atoms with Crippen molar-refractivity contribution in [2.45, 2.75) is 37.4 Å². The fraction of sp³-hybridized carbons (Fsp3) is 1.00. The lowest BCUT2D eigenvalue weighted by Gasteiger charge is -2.38. The van der Waals surface area contributed by atoms with Crippen molar-refractivity contribution in [2.24, 2.45) is 0 Å². The van der Waals surface area contributed by atoms with Gasteiger partial charge in [-0.1, -0.05) is 0 Å². The van der Waals surface area contributed by atoms with Gasteiger partial charge in [0.25, 0.3) is 0 Å². The molecule has 0 amide bonds. The van der Waals surface area contributed by atoms with E-state index in [1.807, 2.05) is 0 Å². The van der Waals surface area contributed by atoms with Crippen LogP contribution in [0.4, 0.5) is 26.3 Å². The molecule has 3 nitrogen and oxygen atoms in total. The molecule has 16 heavy (non-hydrogen) atoms. The van der Waals surface area contributed by atoms with Crippen LogP contribution in [0.2, 0.25) is 0 Å². The molecule has 1 saturated heterocycles. The van der Waals surface area contributed by atoms with Crippen LogP contribution in [-0.4, -0.2) is 27.8 Å². The van der Waals surface area contributed by atoms with Gasteiger partial charge in [0, 0.05) is 0 Å². The van der Waals surface area contributed by atoms with Crippen LogP contribution < -0.4 is 0 Å². The number of alkyl halides is 6. The van der Waals surface area contributed by atoms with E-state index in [9.17, 15) is 30.6 Å². The van der Waals surface area contributed by atoms with Gasteiger partial charge in [0.05, 0.1) is 0 Å². The molecular weight excluding hydrogens is 266 g/mol. The van der Waals surface area contributed by atoms with E-state index in [0.717, 1.165) is 0 Å². The lowest BCUT2D eigenvalue weighted by atomic mass is 9.84. The molecule has 1 atom stereocenters. The quantitative estimate of drug-likeness (QED) is 0.634. The van der Waals surface area contributed by atoms with E-state index in [-0.39, 0.29) is 0 Å². The SMILES string of the molecule is CC1(C)OS(=O)OC1(C(F)(F)F)C(F)(F)F. The van der Waals surface area contributed by atoms with Gasteiger partial charge in [0.15, 0.2) is 0 Å². The third-order valence-corrected chi connectivity index (χ3v) is 3.05. The molecule has 0 N–H and O–H groups in total. The highest BCUT2D eigenvalue weighted by molar-refractivity contribution is 7.75. The van der Waals surface area contributed by atoms with Gasteiger partial charge in [0.2, 0.25) is 0 Å². The van der Waals surface area contributed by atoms with Crippen LogP contribution in [0.3, 0.4) is 0 Å². The van der Waals surface area contributed by atoms with Gasteiger partial charge in [-0.15, -0.1) is 0 Å². The van der Waals surface area contributed by atoms with E-state index in [1.165, 1.54) is 0 Å². The van der Waals surface area contributed by atoms with Crippen LogP contribution in [-0.2, 0) is 19.7 Å². The van der Waals surface area contributed by atoms with Crippen LogP contribution in [0.1, 0.15) is 13.8 Å². The minimum absolute atomic E-state index is 0.513. The molecule has 1 heterocycles. The van der Waals surface area contributed by atoms with E-state index >= 15 is 0 Å². The van der Waals surface area contributed by atoms with Gasteiger partial charge in [-0.2, -0.15) is 30.6 Å². The summed E-state index contributed by atoms with van der Waals surface area (Å²) in [5.74, 6) is 0. The highest BCUT2D eigenvalue weighted by Gasteiger charge is 2.84. The van der Waals surface area contributed by atoms with Crippen molar-refractivity contribution >= 4 is 11.4 Å². The molecule has 0 aliphatic carbocycles. The lowest BCUT2D eigenvalue weighted by molar-refractivity contribution is -0.376. The van der Waals surface area contributed by atoms with Crippen LogP contribution >= 0.6 is 0 Å². The summed E-state index contributed by atoms with van der Waals surface area (Å²) in [4.78, 5) is 0. The highest BCUT2D eigenvalue weighted by atomic mass is 32.2. The summed E-state index contributed by atoms with van der Waals surface area (Å²) in [6.45, 7) is 1.03. The average molecular weight is 272 g/mol. The summed E-state index contributed by atoms with van der Waals surface area (Å²) < 4.78 is 93.3. The molecule has 0 spiro atoms. The van der Waals surface area contributed by atoms with Gasteiger partial charge in [-0.05, 0) is 13.8 Å². The Bertz CT molecular complexity index is 305. The zero-order valence-electron chi connectivity index (χ0n) is 7.90. The predicted octanol–water partition coefficient (Wildman–Crippen LogP) is 2.25. The Hall–Kier alpha value is -0.350. The lowest BCUT2D eigenvalue weighted by Crippen LogP contribution is -2.67. The van der Waals surface area contributed by atoms with Gasteiger partial charge in [-0.25, -0.2) is 4.18 Å². The monoisotopic (exact) mass is 272 g/mol. The number of hydrogen-bond donors (Lipinski definition) is 0. The van der Waals surface area contributed by atoms with E-state index in [0.29, 0.717) is 13.8 Å². The molecule has 0 aromatic rings. The molecule has 1 aliphatic rings. The van der Waals surface area contributed by atoms with Crippen molar-refractivity contribution in [3.63, 3.8) is 0 Å². The summed E-state index contributed by atoms with van der Waals surface area (Å²) in [5, 5.41) is 0. The summed E-state index contributed by atoms with van der Waals surface area (Å²) in [5.41, 5.74) is -7.41. The topological polar surface area (TPSA) is 35.5 Å². The van der Waals surface area contributed by atoms with Crippen LogP contribution in [0.5, 0.6) is 0 Å². The molecule has 1 unspecified atom stereocenters. The second-order valence-corrected chi connectivity index (χ2v) is 4.30. The van der Waals surface area contributed by atoms with Gasteiger partial charge < -0.3 is 0 Å². The van der Waals surface area contributed by atoms with Crippen LogP contribution in [0, 0.1) is 0 Å². The van der Waals surface area contributed by atoms with E-state index < -0.39 is 34.9 Å².